The minimum atomic E-state index is -0.337. The quantitative estimate of drug-likeness (QED) is 0.0793. The number of benzene rings is 6. The molecule has 0 amide bonds. The van der Waals surface area contributed by atoms with Crippen molar-refractivity contribution in [3.8, 4) is 0 Å². The first kappa shape index (κ1) is 47.3. The van der Waals surface area contributed by atoms with Crippen LogP contribution >= 0.6 is 0 Å². The maximum Gasteiger partial charge on any atom is 1.00 e. The number of carbonyl (C=O) groups excluding carboxylic acids is 3. The Hall–Kier alpha value is -4.78. The van der Waals surface area contributed by atoms with Crippen LogP contribution < -0.4 is 56.1 Å². The maximum absolute atomic E-state index is 12.3. The number of ketones is 3. The molecule has 4 saturated heterocycles. The van der Waals surface area contributed by atoms with Gasteiger partial charge in [-0.1, -0.05) is 194 Å². The SMILES string of the molecule is O=C(/C=C/c1ccccc1)/C=C/c1ccccc1.O=C([C@H]1O[C@@H]1c1ccccc1)[C@@H]1O[C@H]1c1ccccc1.O=C([C@H]1O[C@H]1c1ccccc1)[C@@H]1O[C@@H]1c1ccccc1.[CH3-].[F-].[K+]. The topological polar surface area (TPSA) is 101 Å². The van der Waals surface area contributed by atoms with Crippen LogP contribution in [-0.4, -0.2) is 41.8 Å². The summed E-state index contributed by atoms with van der Waals surface area (Å²) in [6.07, 6.45) is 5.07. The van der Waals surface area contributed by atoms with Crippen molar-refractivity contribution in [2.24, 2.45) is 0 Å². The van der Waals surface area contributed by atoms with Crippen LogP contribution in [0.1, 0.15) is 57.8 Å². The van der Waals surface area contributed by atoms with E-state index < -0.39 is 0 Å². The molecule has 0 radical (unpaired) electrons. The Labute approximate surface area is 399 Å². The van der Waals surface area contributed by atoms with E-state index in [1.54, 1.807) is 12.2 Å². The first-order valence-electron chi connectivity index (χ1n) is 19.4. The van der Waals surface area contributed by atoms with Gasteiger partial charge in [0.25, 0.3) is 0 Å². The summed E-state index contributed by atoms with van der Waals surface area (Å²) in [5, 5.41) is 0. The molecule has 0 aliphatic carbocycles. The largest absolute Gasteiger partial charge is 1.00 e. The van der Waals surface area contributed by atoms with Crippen molar-refractivity contribution in [1.82, 2.24) is 0 Å². The normalized spacial score (nSPS) is 23.5. The van der Waals surface area contributed by atoms with Crippen molar-refractivity contribution in [1.29, 1.82) is 0 Å². The number of Topliss-reactive ketones (excluding diaryl/α,β-unsaturated/α-hetero) is 2. The first-order chi connectivity index (χ1) is 28.5. The van der Waals surface area contributed by atoms with E-state index in [1.807, 2.05) is 194 Å². The second-order valence-corrected chi connectivity index (χ2v) is 14.2. The van der Waals surface area contributed by atoms with Crippen LogP contribution in [0.2, 0.25) is 0 Å². The summed E-state index contributed by atoms with van der Waals surface area (Å²) in [4.78, 5) is 36.2. The molecule has 6 aromatic carbocycles. The number of epoxide rings is 4. The molecule has 8 atom stereocenters. The van der Waals surface area contributed by atoms with Gasteiger partial charge in [-0.25, -0.2) is 0 Å². The molecule has 6 aromatic rings. The molecule has 4 heterocycles. The molecule has 0 bridgehead atoms. The third kappa shape index (κ3) is 13.1. The number of halogens is 1. The van der Waals surface area contributed by atoms with Gasteiger partial charge in [-0.2, -0.15) is 0 Å². The minimum absolute atomic E-state index is 0. The van der Waals surface area contributed by atoms with Crippen molar-refractivity contribution < 1.29 is 89.4 Å². The molecule has 4 aliphatic rings. The average molecular weight is 840 g/mol. The fraction of sp³-hybridized carbons (Fsp3) is 0.154. The van der Waals surface area contributed by atoms with Gasteiger partial charge in [0.1, 0.15) is 48.8 Å². The van der Waals surface area contributed by atoms with E-state index in [0.717, 1.165) is 33.4 Å². The molecular formula is C52H45FKO7-. The van der Waals surface area contributed by atoms with E-state index in [1.165, 1.54) is 0 Å². The summed E-state index contributed by atoms with van der Waals surface area (Å²) in [7, 11) is 0. The number of hydrogen-bond acceptors (Lipinski definition) is 7. The summed E-state index contributed by atoms with van der Waals surface area (Å²) in [5.74, 6) is 0.114. The Balaban J connectivity index is 0.000000169. The second kappa shape index (κ2) is 22.9. The van der Waals surface area contributed by atoms with Crippen LogP contribution in [-0.2, 0) is 33.3 Å². The molecule has 10 rings (SSSR count). The van der Waals surface area contributed by atoms with Crippen LogP contribution in [0, 0.1) is 7.43 Å². The smallest absolute Gasteiger partial charge is 1.00 e. The second-order valence-electron chi connectivity index (χ2n) is 14.2. The molecule has 304 valence electrons. The van der Waals surface area contributed by atoms with Crippen LogP contribution in [0.3, 0.4) is 0 Å². The zero-order valence-corrected chi connectivity index (χ0v) is 37.1. The molecule has 7 nitrogen and oxygen atoms in total. The fourth-order valence-corrected chi connectivity index (χ4v) is 6.76. The van der Waals surface area contributed by atoms with Crippen LogP contribution in [0.5, 0.6) is 0 Å². The van der Waals surface area contributed by atoms with Gasteiger partial charge in [0.15, 0.2) is 17.3 Å². The van der Waals surface area contributed by atoms with E-state index in [2.05, 4.69) is 0 Å². The summed E-state index contributed by atoms with van der Waals surface area (Å²) < 4.78 is 22.1. The van der Waals surface area contributed by atoms with Gasteiger partial charge in [0.2, 0.25) is 0 Å². The predicted octanol–water partition coefficient (Wildman–Crippen LogP) is 4.11. The van der Waals surface area contributed by atoms with Crippen LogP contribution in [0.25, 0.3) is 12.2 Å². The van der Waals surface area contributed by atoms with E-state index in [9.17, 15) is 14.4 Å². The standard InChI is InChI=1S/2C17H14O3.C17H14O.CH3.FH.K/c2*18-13(16-14(19-16)11-7-3-1-4-8-11)17-15(20-17)12-9-5-2-6-10-12;18-17(13-11-15-7-3-1-4-8-15)14-12-16-9-5-2-6-10-16;;;/h2*1-10,14-17H;1-14H;1H3;1H;/q;;;-1;;+1/p-1/b;;13-11+,14-12+;;;/t14-,15+,16+,17-;14-,15+,16-,17+;;;;. The Morgan fingerprint density at radius 1 is 0.361 bits per heavy atom. The minimum Gasteiger partial charge on any atom is -1.00 e. The fourth-order valence-electron chi connectivity index (χ4n) is 6.76. The molecule has 0 spiro atoms. The van der Waals surface area contributed by atoms with E-state index in [-0.39, 0.29) is 130 Å². The summed E-state index contributed by atoms with van der Waals surface area (Å²) >= 11 is 0. The van der Waals surface area contributed by atoms with Crippen molar-refractivity contribution in [3.05, 3.63) is 235 Å². The molecule has 0 N–H and O–H groups in total. The molecular weight excluding hydrogens is 795 g/mol. The van der Waals surface area contributed by atoms with Gasteiger partial charge in [0.05, 0.1) is 0 Å². The molecule has 0 saturated carbocycles. The number of allylic oxidation sites excluding steroid dienone is 2. The number of rotatable bonds is 12. The van der Waals surface area contributed by atoms with Gasteiger partial charge in [-0.05, 0) is 45.5 Å². The molecule has 0 unspecified atom stereocenters. The predicted molar refractivity (Wildman–Crippen MR) is 229 cm³/mol. The molecule has 4 aliphatic heterocycles. The summed E-state index contributed by atoms with van der Waals surface area (Å²) in [5.41, 5.74) is 6.29. The summed E-state index contributed by atoms with van der Waals surface area (Å²) in [6, 6.07) is 58.9. The Kier molecular flexibility index (Phi) is 17.7. The van der Waals surface area contributed by atoms with Gasteiger partial charge < -0.3 is 31.1 Å². The average Bonchev–Trinajstić information content (AvgIpc) is 4.11. The van der Waals surface area contributed by atoms with Gasteiger partial charge in [0, 0.05) is 0 Å². The Morgan fingerprint density at radius 2 is 0.574 bits per heavy atom. The Morgan fingerprint density at radius 3 is 0.803 bits per heavy atom. The van der Waals surface area contributed by atoms with Crippen molar-refractivity contribution in [2.45, 2.75) is 48.8 Å². The molecule has 0 aromatic heterocycles. The molecule has 9 heteroatoms. The third-order valence-corrected chi connectivity index (χ3v) is 10.1. The van der Waals surface area contributed by atoms with Crippen LogP contribution in [0.4, 0.5) is 0 Å². The molecule has 4 fully saturated rings. The number of hydrogen-bond donors (Lipinski definition) is 0. The number of carbonyl (C=O) groups is 3. The summed E-state index contributed by atoms with van der Waals surface area (Å²) in [6.45, 7) is 0. The number of ether oxygens (including phenoxy) is 4. The molecule has 61 heavy (non-hydrogen) atoms. The van der Waals surface area contributed by atoms with Crippen molar-refractivity contribution in [2.75, 3.05) is 0 Å². The first-order valence-corrected chi connectivity index (χ1v) is 19.4. The van der Waals surface area contributed by atoms with Gasteiger partial charge in [-0.3, -0.25) is 14.4 Å². The Bertz CT molecular complexity index is 2070. The van der Waals surface area contributed by atoms with Gasteiger partial charge >= 0.3 is 51.4 Å². The third-order valence-electron chi connectivity index (χ3n) is 10.1. The monoisotopic (exact) mass is 839 g/mol. The van der Waals surface area contributed by atoms with E-state index >= 15 is 0 Å². The maximum atomic E-state index is 12.3. The van der Waals surface area contributed by atoms with Crippen molar-refractivity contribution >= 4 is 29.5 Å². The zero-order chi connectivity index (χ0) is 39.7. The van der Waals surface area contributed by atoms with Crippen molar-refractivity contribution in [3.63, 3.8) is 0 Å². The van der Waals surface area contributed by atoms with E-state index in [4.69, 9.17) is 18.9 Å². The van der Waals surface area contributed by atoms with E-state index in [0.29, 0.717) is 0 Å². The van der Waals surface area contributed by atoms with Crippen LogP contribution in [0.15, 0.2) is 194 Å². The zero-order valence-electron chi connectivity index (χ0n) is 34.0. The van der Waals surface area contributed by atoms with Gasteiger partial charge in [-0.15, -0.1) is 0 Å².